The van der Waals surface area contributed by atoms with Crippen molar-refractivity contribution in [1.82, 2.24) is 5.32 Å². The van der Waals surface area contributed by atoms with Gasteiger partial charge in [-0.05, 0) is 37.5 Å². The van der Waals surface area contributed by atoms with Crippen LogP contribution in [0.25, 0.3) is 0 Å². The average Bonchev–Trinajstić information content (AvgIpc) is 2.98. The second-order valence-electron chi connectivity index (χ2n) is 5.68. The lowest BCUT2D eigenvalue weighted by molar-refractivity contribution is -0.123. The van der Waals surface area contributed by atoms with Crippen molar-refractivity contribution in [3.05, 3.63) is 0 Å². The Morgan fingerprint density at radius 1 is 1.35 bits per heavy atom. The van der Waals surface area contributed by atoms with Crippen LogP contribution in [0, 0.1) is 5.41 Å². The van der Waals surface area contributed by atoms with Crippen LogP contribution in [0.15, 0.2) is 0 Å². The number of hydrogen-bond donors (Lipinski definition) is 1. The third kappa shape index (κ3) is 3.44. The van der Waals surface area contributed by atoms with Crippen LogP contribution in [0.4, 0.5) is 0 Å². The summed E-state index contributed by atoms with van der Waals surface area (Å²) in [5, 5.41) is 3.12. The zero-order valence-corrected chi connectivity index (χ0v) is 11.0. The Bertz CT molecular complexity index is 253. The maximum atomic E-state index is 11.8. The second kappa shape index (κ2) is 5.85. The molecule has 1 N–H and O–H groups in total. The van der Waals surface area contributed by atoms with Gasteiger partial charge in [0.2, 0.25) is 5.91 Å². The zero-order valence-electron chi connectivity index (χ0n) is 11.0. The minimum Gasteiger partial charge on any atom is -0.378 e. The standard InChI is InChI=1S/C14H25NO2/c1-2-14(7-3-4-8-14)11-15-13(16)10-12-6-5-9-17-12/h12H,2-11H2,1H3,(H,15,16). The van der Waals surface area contributed by atoms with Crippen LogP contribution < -0.4 is 5.32 Å². The summed E-state index contributed by atoms with van der Waals surface area (Å²) < 4.78 is 5.49. The van der Waals surface area contributed by atoms with E-state index in [0.29, 0.717) is 11.8 Å². The van der Waals surface area contributed by atoms with E-state index in [1.807, 2.05) is 0 Å². The van der Waals surface area contributed by atoms with Gasteiger partial charge in [-0.15, -0.1) is 0 Å². The molecule has 0 spiro atoms. The van der Waals surface area contributed by atoms with Gasteiger partial charge in [-0.3, -0.25) is 4.79 Å². The summed E-state index contributed by atoms with van der Waals surface area (Å²) in [5.41, 5.74) is 0.395. The third-order valence-corrected chi connectivity index (χ3v) is 4.51. The molecule has 2 fully saturated rings. The van der Waals surface area contributed by atoms with Crippen molar-refractivity contribution in [2.24, 2.45) is 5.41 Å². The first kappa shape index (κ1) is 12.9. The number of nitrogens with one attached hydrogen (secondary N) is 1. The Kier molecular flexibility index (Phi) is 4.43. The van der Waals surface area contributed by atoms with Crippen molar-refractivity contribution >= 4 is 5.91 Å². The Labute approximate surface area is 104 Å². The summed E-state index contributed by atoms with van der Waals surface area (Å²) >= 11 is 0. The monoisotopic (exact) mass is 239 g/mol. The van der Waals surface area contributed by atoms with Crippen molar-refractivity contribution in [2.75, 3.05) is 13.2 Å². The van der Waals surface area contributed by atoms with Gasteiger partial charge in [0.15, 0.2) is 0 Å². The van der Waals surface area contributed by atoms with Crippen LogP contribution in [0.2, 0.25) is 0 Å². The molecule has 2 aliphatic rings. The SMILES string of the molecule is CCC1(CNC(=O)CC2CCCO2)CCCC1. The molecule has 0 radical (unpaired) electrons. The minimum absolute atomic E-state index is 0.177. The van der Waals surface area contributed by atoms with Gasteiger partial charge in [-0.25, -0.2) is 0 Å². The van der Waals surface area contributed by atoms with E-state index >= 15 is 0 Å². The predicted molar refractivity (Wildman–Crippen MR) is 67.8 cm³/mol. The lowest BCUT2D eigenvalue weighted by Crippen LogP contribution is -2.36. The topological polar surface area (TPSA) is 38.3 Å². The lowest BCUT2D eigenvalue weighted by Gasteiger charge is -2.27. The van der Waals surface area contributed by atoms with E-state index in [4.69, 9.17) is 4.74 Å². The number of rotatable bonds is 5. The summed E-state index contributed by atoms with van der Waals surface area (Å²) in [6, 6.07) is 0. The quantitative estimate of drug-likeness (QED) is 0.801. The average molecular weight is 239 g/mol. The van der Waals surface area contributed by atoms with Gasteiger partial charge >= 0.3 is 0 Å². The lowest BCUT2D eigenvalue weighted by atomic mass is 9.83. The van der Waals surface area contributed by atoms with Gasteiger partial charge in [0.05, 0.1) is 12.5 Å². The van der Waals surface area contributed by atoms with Crippen LogP contribution in [0.5, 0.6) is 0 Å². The van der Waals surface area contributed by atoms with E-state index in [-0.39, 0.29) is 12.0 Å². The maximum absolute atomic E-state index is 11.8. The van der Waals surface area contributed by atoms with Crippen LogP contribution in [0.1, 0.15) is 58.3 Å². The van der Waals surface area contributed by atoms with Gasteiger partial charge in [0.1, 0.15) is 0 Å². The highest BCUT2D eigenvalue weighted by molar-refractivity contribution is 5.76. The number of carbonyl (C=O) groups excluding carboxylic acids is 1. The molecule has 1 heterocycles. The number of hydrogen-bond acceptors (Lipinski definition) is 2. The Hall–Kier alpha value is -0.570. The van der Waals surface area contributed by atoms with Gasteiger partial charge < -0.3 is 10.1 Å². The summed E-state index contributed by atoms with van der Waals surface area (Å²) in [6.07, 6.45) is 9.30. The third-order valence-electron chi connectivity index (χ3n) is 4.51. The van der Waals surface area contributed by atoms with E-state index < -0.39 is 0 Å². The molecular formula is C14H25NO2. The number of amides is 1. The van der Waals surface area contributed by atoms with Crippen molar-refractivity contribution in [3.8, 4) is 0 Å². The van der Waals surface area contributed by atoms with Crippen molar-refractivity contribution in [2.45, 2.75) is 64.4 Å². The number of carbonyl (C=O) groups is 1. The molecule has 1 aliphatic carbocycles. The summed E-state index contributed by atoms with van der Waals surface area (Å²) in [4.78, 5) is 11.8. The summed E-state index contributed by atoms with van der Waals surface area (Å²) in [6.45, 7) is 3.95. The van der Waals surface area contributed by atoms with Crippen LogP contribution >= 0.6 is 0 Å². The zero-order chi connectivity index (χ0) is 12.1. The van der Waals surface area contributed by atoms with E-state index in [0.717, 1.165) is 26.0 Å². The van der Waals surface area contributed by atoms with E-state index in [9.17, 15) is 4.79 Å². The molecule has 3 heteroatoms. The molecule has 1 saturated heterocycles. The first-order chi connectivity index (χ1) is 8.24. The van der Waals surface area contributed by atoms with Gasteiger partial charge in [-0.2, -0.15) is 0 Å². The molecule has 1 amide bonds. The van der Waals surface area contributed by atoms with Gasteiger partial charge in [0, 0.05) is 13.2 Å². The molecule has 2 rings (SSSR count). The summed E-state index contributed by atoms with van der Waals surface area (Å²) in [5.74, 6) is 0.177. The van der Waals surface area contributed by atoms with Crippen molar-refractivity contribution in [3.63, 3.8) is 0 Å². The Morgan fingerprint density at radius 3 is 2.71 bits per heavy atom. The molecule has 1 atom stereocenters. The molecule has 1 aliphatic heterocycles. The molecule has 98 valence electrons. The van der Waals surface area contributed by atoms with E-state index in [1.165, 1.54) is 32.1 Å². The first-order valence-corrected chi connectivity index (χ1v) is 7.12. The minimum atomic E-state index is 0.177. The Balaban J connectivity index is 1.71. The number of ether oxygens (including phenoxy) is 1. The molecule has 0 bridgehead atoms. The largest absolute Gasteiger partial charge is 0.378 e. The first-order valence-electron chi connectivity index (χ1n) is 7.12. The maximum Gasteiger partial charge on any atom is 0.222 e. The molecule has 0 aromatic rings. The predicted octanol–water partition coefficient (Wildman–Crippen LogP) is 2.64. The van der Waals surface area contributed by atoms with Crippen LogP contribution in [-0.4, -0.2) is 25.2 Å². The molecular weight excluding hydrogens is 214 g/mol. The normalized spacial score (nSPS) is 27.2. The van der Waals surface area contributed by atoms with Crippen molar-refractivity contribution < 1.29 is 9.53 Å². The molecule has 1 unspecified atom stereocenters. The summed E-state index contributed by atoms with van der Waals surface area (Å²) in [7, 11) is 0. The smallest absolute Gasteiger partial charge is 0.222 e. The molecule has 0 aromatic heterocycles. The van der Waals surface area contributed by atoms with Crippen LogP contribution in [0.3, 0.4) is 0 Å². The fourth-order valence-corrected chi connectivity index (χ4v) is 3.15. The highest BCUT2D eigenvalue weighted by atomic mass is 16.5. The van der Waals surface area contributed by atoms with Crippen LogP contribution in [-0.2, 0) is 9.53 Å². The molecule has 0 aromatic carbocycles. The fraction of sp³-hybridized carbons (Fsp3) is 0.929. The van der Waals surface area contributed by atoms with E-state index in [1.54, 1.807) is 0 Å². The molecule has 1 saturated carbocycles. The molecule has 3 nitrogen and oxygen atoms in total. The highest BCUT2D eigenvalue weighted by Gasteiger charge is 2.32. The highest BCUT2D eigenvalue weighted by Crippen LogP contribution is 2.40. The van der Waals surface area contributed by atoms with E-state index in [2.05, 4.69) is 12.2 Å². The van der Waals surface area contributed by atoms with Gasteiger partial charge in [-0.1, -0.05) is 19.8 Å². The van der Waals surface area contributed by atoms with Crippen molar-refractivity contribution in [1.29, 1.82) is 0 Å². The fourth-order valence-electron chi connectivity index (χ4n) is 3.15. The Morgan fingerprint density at radius 2 is 2.12 bits per heavy atom. The second-order valence-corrected chi connectivity index (χ2v) is 5.68. The molecule has 17 heavy (non-hydrogen) atoms. The van der Waals surface area contributed by atoms with Gasteiger partial charge in [0.25, 0.3) is 0 Å².